The first-order valence-corrected chi connectivity index (χ1v) is 6.70. The second-order valence-corrected chi connectivity index (χ2v) is 4.61. The molecular weight excluding hydrogens is 255 g/mol. The Balaban J connectivity index is 2.02. The molecule has 1 aromatic heterocycles. The fourth-order valence-corrected chi connectivity index (χ4v) is 1.96. The zero-order valence-corrected chi connectivity index (χ0v) is 11.8. The molecule has 20 heavy (non-hydrogen) atoms. The van der Waals surface area contributed by atoms with Crippen LogP contribution in [0.4, 0.5) is 4.39 Å². The molecule has 0 saturated carbocycles. The molecule has 1 aromatic carbocycles. The Labute approximate surface area is 118 Å². The van der Waals surface area contributed by atoms with Crippen molar-refractivity contribution in [1.29, 1.82) is 0 Å². The number of halogens is 1. The second kappa shape index (κ2) is 7.01. The number of rotatable bonds is 6. The molecule has 0 fully saturated rings. The van der Waals surface area contributed by atoms with E-state index < -0.39 is 0 Å². The predicted octanol–water partition coefficient (Wildman–Crippen LogP) is 3.12. The standard InChI is InChI=1S/C16H19FN2O/c1-12(18-2)15-11-13(17)6-7-16(15)20-10-8-14-5-3-4-9-19-14/h3-7,9,11-12,18H,8,10H2,1-2H3. The highest BCUT2D eigenvalue weighted by Gasteiger charge is 2.11. The molecule has 106 valence electrons. The number of hydrogen-bond acceptors (Lipinski definition) is 3. The lowest BCUT2D eigenvalue weighted by Crippen LogP contribution is -2.14. The van der Waals surface area contributed by atoms with Crippen molar-refractivity contribution in [2.24, 2.45) is 0 Å². The summed E-state index contributed by atoms with van der Waals surface area (Å²) < 4.78 is 19.1. The van der Waals surface area contributed by atoms with E-state index in [0.717, 1.165) is 17.7 Å². The highest BCUT2D eigenvalue weighted by molar-refractivity contribution is 5.36. The van der Waals surface area contributed by atoms with Gasteiger partial charge < -0.3 is 10.1 Å². The molecule has 4 heteroatoms. The van der Waals surface area contributed by atoms with Crippen LogP contribution in [0.25, 0.3) is 0 Å². The fourth-order valence-electron chi connectivity index (χ4n) is 1.96. The summed E-state index contributed by atoms with van der Waals surface area (Å²) >= 11 is 0. The van der Waals surface area contributed by atoms with Crippen molar-refractivity contribution in [3.8, 4) is 5.75 Å². The number of nitrogens with zero attached hydrogens (tertiary/aromatic N) is 1. The van der Waals surface area contributed by atoms with Crippen molar-refractivity contribution >= 4 is 0 Å². The summed E-state index contributed by atoms with van der Waals surface area (Å²) in [6.45, 7) is 2.49. The van der Waals surface area contributed by atoms with Gasteiger partial charge in [-0.05, 0) is 44.3 Å². The summed E-state index contributed by atoms with van der Waals surface area (Å²) in [5.41, 5.74) is 1.81. The number of ether oxygens (including phenoxy) is 1. The fraction of sp³-hybridized carbons (Fsp3) is 0.312. The second-order valence-electron chi connectivity index (χ2n) is 4.61. The van der Waals surface area contributed by atoms with Crippen LogP contribution in [-0.4, -0.2) is 18.6 Å². The Kier molecular flexibility index (Phi) is 5.07. The Morgan fingerprint density at radius 1 is 1.30 bits per heavy atom. The molecule has 0 bridgehead atoms. The van der Waals surface area contributed by atoms with E-state index in [1.165, 1.54) is 12.1 Å². The molecule has 1 atom stereocenters. The zero-order valence-electron chi connectivity index (χ0n) is 11.8. The van der Waals surface area contributed by atoms with E-state index >= 15 is 0 Å². The Morgan fingerprint density at radius 2 is 2.15 bits per heavy atom. The number of benzene rings is 1. The van der Waals surface area contributed by atoms with Crippen LogP contribution in [0.1, 0.15) is 24.2 Å². The monoisotopic (exact) mass is 274 g/mol. The summed E-state index contributed by atoms with van der Waals surface area (Å²) in [4.78, 5) is 4.25. The third kappa shape index (κ3) is 3.78. The van der Waals surface area contributed by atoms with Gasteiger partial charge in [0.15, 0.2) is 0 Å². The van der Waals surface area contributed by atoms with Crippen molar-refractivity contribution in [2.75, 3.05) is 13.7 Å². The van der Waals surface area contributed by atoms with E-state index in [1.807, 2.05) is 32.2 Å². The van der Waals surface area contributed by atoms with Gasteiger partial charge in [-0.15, -0.1) is 0 Å². The van der Waals surface area contributed by atoms with E-state index in [0.29, 0.717) is 12.4 Å². The van der Waals surface area contributed by atoms with Crippen molar-refractivity contribution in [2.45, 2.75) is 19.4 Å². The highest BCUT2D eigenvalue weighted by atomic mass is 19.1. The Hall–Kier alpha value is -1.94. The first-order valence-electron chi connectivity index (χ1n) is 6.70. The van der Waals surface area contributed by atoms with E-state index in [-0.39, 0.29) is 11.9 Å². The molecule has 3 nitrogen and oxygen atoms in total. The Morgan fingerprint density at radius 3 is 2.85 bits per heavy atom. The third-order valence-electron chi connectivity index (χ3n) is 3.21. The van der Waals surface area contributed by atoms with Gasteiger partial charge in [0.2, 0.25) is 0 Å². The average molecular weight is 274 g/mol. The van der Waals surface area contributed by atoms with Crippen LogP contribution >= 0.6 is 0 Å². The molecule has 0 spiro atoms. The minimum Gasteiger partial charge on any atom is -0.493 e. The minimum atomic E-state index is -0.251. The van der Waals surface area contributed by atoms with Crippen molar-refractivity contribution in [3.05, 3.63) is 59.7 Å². The maximum Gasteiger partial charge on any atom is 0.124 e. The average Bonchev–Trinajstić information content (AvgIpc) is 2.49. The molecule has 2 rings (SSSR count). The van der Waals surface area contributed by atoms with Crippen molar-refractivity contribution in [3.63, 3.8) is 0 Å². The molecule has 1 unspecified atom stereocenters. The topological polar surface area (TPSA) is 34.1 Å². The smallest absolute Gasteiger partial charge is 0.124 e. The van der Waals surface area contributed by atoms with Gasteiger partial charge in [-0.3, -0.25) is 4.98 Å². The molecule has 0 aliphatic heterocycles. The summed E-state index contributed by atoms with van der Waals surface area (Å²) in [5, 5.41) is 3.10. The van der Waals surface area contributed by atoms with Crippen LogP contribution in [-0.2, 0) is 6.42 Å². The highest BCUT2D eigenvalue weighted by Crippen LogP contribution is 2.26. The van der Waals surface area contributed by atoms with Gasteiger partial charge in [0.25, 0.3) is 0 Å². The van der Waals surface area contributed by atoms with E-state index in [9.17, 15) is 4.39 Å². The number of hydrogen-bond donors (Lipinski definition) is 1. The summed E-state index contributed by atoms with van der Waals surface area (Å²) in [6.07, 6.45) is 2.49. The van der Waals surface area contributed by atoms with Gasteiger partial charge in [-0.1, -0.05) is 6.07 Å². The largest absolute Gasteiger partial charge is 0.493 e. The Bertz CT molecular complexity index is 545. The van der Waals surface area contributed by atoms with Crippen LogP contribution in [0, 0.1) is 5.82 Å². The molecule has 1 heterocycles. The maximum atomic E-state index is 13.3. The van der Waals surface area contributed by atoms with Crippen LogP contribution in [0.5, 0.6) is 5.75 Å². The van der Waals surface area contributed by atoms with E-state index in [4.69, 9.17) is 4.74 Å². The minimum absolute atomic E-state index is 0.0375. The SMILES string of the molecule is CNC(C)c1cc(F)ccc1OCCc1ccccn1. The predicted molar refractivity (Wildman–Crippen MR) is 77.3 cm³/mol. The quantitative estimate of drug-likeness (QED) is 0.878. The summed E-state index contributed by atoms with van der Waals surface area (Å²) in [5.74, 6) is 0.461. The van der Waals surface area contributed by atoms with Crippen LogP contribution in [0.15, 0.2) is 42.6 Å². The van der Waals surface area contributed by atoms with Crippen LogP contribution < -0.4 is 10.1 Å². The zero-order chi connectivity index (χ0) is 14.4. The maximum absolute atomic E-state index is 13.3. The van der Waals surface area contributed by atoms with E-state index in [2.05, 4.69) is 10.3 Å². The first kappa shape index (κ1) is 14.5. The van der Waals surface area contributed by atoms with Crippen molar-refractivity contribution < 1.29 is 9.13 Å². The van der Waals surface area contributed by atoms with E-state index in [1.54, 1.807) is 12.3 Å². The first-order chi connectivity index (χ1) is 9.70. The van der Waals surface area contributed by atoms with Gasteiger partial charge in [0.1, 0.15) is 11.6 Å². The molecule has 1 N–H and O–H groups in total. The molecule has 0 radical (unpaired) electrons. The van der Waals surface area contributed by atoms with Crippen LogP contribution in [0.2, 0.25) is 0 Å². The lowest BCUT2D eigenvalue weighted by molar-refractivity contribution is 0.313. The lowest BCUT2D eigenvalue weighted by atomic mass is 10.1. The molecule has 0 aliphatic rings. The van der Waals surface area contributed by atoms with Gasteiger partial charge >= 0.3 is 0 Å². The van der Waals surface area contributed by atoms with Crippen LogP contribution in [0.3, 0.4) is 0 Å². The lowest BCUT2D eigenvalue weighted by Gasteiger charge is -2.16. The normalized spacial score (nSPS) is 12.2. The van der Waals surface area contributed by atoms with Gasteiger partial charge in [0.05, 0.1) is 6.61 Å². The molecule has 0 amide bonds. The molecule has 2 aromatic rings. The van der Waals surface area contributed by atoms with Gasteiger partial charge in [-0.25, -0.2) is 4.39 Å². The van der Waals surface area contributed by atoms with Crippen molar-refractivity contribution in [1.82, 2.24) is 10.3 Å². The molecular formula is C16H19FN2O. The third-order valence-corrected chi connectivity index (χ3v) is 3.21. The van der Waals surface area contributed by atoms with Gasteiger partial charge in [-0.2, -0.15) is 0 Å². The molecule has 0 aliphatic carbocycles. The van der Waals surface area contributed by atoms with Gasteiger partial charge in [0, 0.05) is 29.9 Å². The molecule has 0 saturated heterocycles. The number of nitrogens with one attached hydrogen (secondary N) is 1. The summed E-state index contributed by atoms with van der Waals surface area (Å²) in [7, 11) is 1.84. The number of pyridine rings is 1. The summed E-state index contributed by atoms with van der Waals surface area (Å²) in [6, 6.07) is 10.4. The number of aromatic nitrogens is 1.